The third-order valence-electron chi connectivity index (χ3n) is 4.13. The number of hydrogen-bond acceptors (Lipinski definition) is 6. The zero-order valence-corrected chi connectivity index (χ0v) is 17.8. The van der Waals surface area contributed by atoms with E-state index in [2.05, 4.69) is 5.43 Å². The Morgan fingerprint density at radius 1 is 1.16 bits per heavy atom. The van der Waals surface area contributed by atoms with E-state index >= 15 is 0 Å². The average molecular weight is 481 g/mol. The lowest BCUT2D eigenvalue weighted by molar-refractivity contribution is -0.137. The topological polar surface area (TPSA) is 62.6 Å². The van der Waals surface area contributed by atoms with Crippen LogP contribution in [0.4, 0.5) is 13.2 Å². The van der Waals surface area contributed by atoms with Crippen molar-refractivity contribution >= 4 is 57.5 Å². The van der Waals surface area contributed by atoms with E-state index in [0.29, 0.717) is 4.88 Å². The van der Waals surface area contributed by atoms with Crippen molar-refractivity contribution in [2.24, 2.45) is 0 Å². The van der Waals surface area contributed by atoms with Crippen LogP contribution in [0.3, 0.4) is 0 Å². The van der Waals surface area contributed by atoms with Crippen molar-refractivity contribution in [2.75, 3.05) is 0 Å². The molecule has 1 saturated heterocycles. The molecule has 158 valence electrons. The standard InChI is InChI=1S/C20H11F3N2O3S3/c21-20(22,23)12-4-1-3-11(9-12)14-7-6-13(28-14)10-16-18(27)25(19(29)31-16)24-17(26)15-5-2-8-30-15/h1-10H,(H,24,26)/b16-10+. The van der Waals surface area contributed by atoms with Crippen molar-refractivity contribution in [3.63, 3.8) is 0 Å². The van der Waals surface area contributed by atoms with E-state index in [1.54, 1.807) is 17.5 Å². The summed E-state index contributed by atoms with van der Waals surface area (Å²) in [5, 5.41) is 2.71. The number of nitrogens with zero attached hydrogens (tertiary/aromatic N) is 1. The molecule has 5 nitrogen and oxygen atoms in total. The van der Waals surface area contributed by atoms with Gasteiger partial charge >= 0.3 is 6.18 Å². The van der Waals surface area contributed by atoms with Crippen molar-refractivity contribution in [3.05, 3.63) is 75.0 Å². The Morgan fingerprint density at radius 2 is 1.97 bits per heavy atom. The number of carbonyl (C=O) groups is 2. The Morgan fingerprint density at radius 3 is 2.68 bits per heavy atom. The number of rotatable bonds is 4. The van der Waals surface area contributed by atoms with Gasteiger partial charge in [0.1, 0.15) is 11.5 Å². The highest BCUT2D eigenvalue weighted by Gasteiger charge is 2.34. The molecule has 0 aliphatic carbocycles. The molecule has 11 heteroatoms. The maximum absolute atomic E-state index is 12.9. The fourth-order valence-corrected chi connectivity index (χ4v) is 4.47. The maximum atomic E-state index is 12.9. The summed E-state index contributed by atoms with van der Waals surface area (Å²) >= 11 is 7.37. The highest BCUT2D eigenvalue weighted by molar-refractivity contribution is 8.26. The number of alkyl halides is 3. The molecule has 0 unspecified atom stereocenters. The molecule has 1 aliphatic rings. The quantitative estimate of drug-likeness (QED) is 0.391. The minimum atomic E-state index is -4.47. The molecule has 0 spiro atoms. The van der Waals surface area contributed by atoms with Gasteiger partial charge in [-0.25, -0.2) is 0 Å². The normalized spacial score (nSPS) is 15.7. The first-order valence-corrected chi connectivity index (χ1v) is 10.7. The highest BCUT2D eigenvalue weighted by atomic mass is 32.2. The molecule has 3 aromatic rings. The number of benzene rings is 1. The number of carbonyl (C=O) groups excluding carboxylic acids is 2. The van der Waals surface area contributed by atoms with Crippen molar-refractivity contribution in [1.82, 2.24) is 10.4 Å². The fraction of sp³-hybridized carbons (Fsp3) is 0.0500. The van der Waals surface area contributed by atoms with Crippen molar-refractivity contribution in [1.29, 1.82) is 0 Å². The number of amides is 2. The molecule has 3 heterocycles. The van der Waals surface area contributed by atoms with Gasteiger partial charge < -0.3 is 4.42 Å². The van der Waals surface area contributed by atoms with Crippen LogP contribution in [0.5, 0.6) is 0 Å². The van der Waals surface area contributed by atoms with Crippen LogP contribution in [-0.2, 0) is 11.0 Å². The van der Waals surface area contributed by atoms with E-state index in [-0.39, 0.29) is 26.3 Å². The second-order valence-electron chi connectivity index (χ2n) is 6.22. The van der Waals surface area contributed by atoms with Gasteiger partial charge in [-0.3, -0.25) is 15.0 Å². The van der Waals surface area contributed by atoms with E-state index in [1.807, 2.05) is 0 Å². The molecule has 1 N–H and O–H groups in total. The number of thioether (sulfide) groups is 1. The third kappa shape index (κ3) is 4.58. The minimum Gasteiger partial charge on any atom is -0.457 e. The van der Waals surface area contributed by atoms with Crippen LogP contribution in [0.2, 0.25) is 0 Å². The third-order valence-corrected chi connectivity index (χ3v) is 6.30. The molecule has 0 saturated carbocycles. The van der Waals surface area contributed by atoms with Gasteiger partial charge in [-0.1, -0.05) is 30.0 Å². The first-order valence-electron chi connectivity index (χ1n) is 8.62. The van der Waals surface area contributed by atoms with E-state index in [0.717, 1.165) is 28.9 Å². The molecule has 1 aromatic carbocycles. The summed E-state index contributed by atoms with van der Waals surface area (Å²) in [6, 6.07) is 11.1. The molecule has 1 fully saturated rings. The first-order chi connectivity index (χ1) is 14.7. The molecule has 1 aliphatic heterocycles. The predicted molar refractivity (Wildman–Crippen MR) is 116 cm³/mol. The van der Waals surface area contributed by atoms with Gasteiger partial charge in [0.2, 0.25) is 0 Å². The summed E-state index contributed by atoms with van der Waals surface area (Å²) in [4.78, 5) is 25.5. The second-order valence-corrected chi connectivity index (χ2v) is 8.84. The Balaban J connectivity index is 1.52. The molecule has 2 aromatic heterocycles. The number of hydrazine groups is 1. The molecule has 0 radical (unpaired) electrons. The zero-order valence-electron chi connectivity index (χ0n) is 15.3. The van der Waals surface area contributed by atoms with E-state index < -0.39 is 23.6 Å². The molecule has 4 rings (SSSR count). The maximum Gasteiger partial charge on any atom is 0.416 e. The first kappa shape index (κ1) is 21.3. The highest BCUT2D eigenvalue weighted by Crippen LogP contribution is 2.35. The SMILES string of the molecule is O=C(NN1C(=O)/C(=C\c2ccc(-c3cccc(C(F)(F)F)c3)o2)SC1=S)c1cccs1. The molecule has 0 atom stereocenters. The summed E-state index contributed by atoms with van der Waals surface area (Å²) < 4.78 is 44.5. The monoisotopic (exact) mass is 480 g/mol. The number of nitrogens with one attached hydrogen (secondary N) is 1. The molecular weight excluding hydrogens is 469 g/mol. The predicted octanol–water partition coefficient (Wildman–Crippen LogP) is 5.57. The van der Waals surface area contributed by atoms with Crippen molar-refractivity contribution in [3.8, 4) is 11.3 Å². The smallest absolute Gasteiger partial charge is 0.416 e. The summed E-state index contributed by atoms with van der Waals surface area (Å²) in [5.41, 5.74) is 1.93. The van der Waals surface area contributed by atoms with Crippen LogP contribution in [-0.4, -0.2) is 21.1 Å². The Labute approximate surface area is 187 Å². The number of furan rings is 1. The van der Waals surface area contributed by atoms with Crippen LogP contribution in [0, 0.1) is 0 Å². The van der Waals surface area contributed by atoms with Gasteiger partial charge in [0, 0.05) is 11.6 Å². The van der Waals surface area contributed by atoms with Crippen molar-refractivity contribution in [2.45, 2.75) is 6.18 Å². The Kier molecular flexibility index (Phi) is 5.73. The largest absolute Gasteiger partial charge is 0.457 e. The van der Waals surface area contributed by atoms with Gasteiger partial charge in [-0.05, 0) is 47.9 Å². The summed E-state index contributed by atoms with van der Waals surface area (Å²) in [6.07, 6.45) is -3.04. The van der Waals surface area contributed by atoms with Crippen LogP contribution in [0.15, 0.2) is 63.2 Å². The average Bonchev–Trinajstić information content (AvgIpc) is 3.46. The van der Waals surface area contributed by atoms with Gasteiger partial charge in [-0.15, -0.1) is 11.3 Å². The van der Waals surface area contributed by atoms with Crippen LogP contribution in [0.1, 0.15) is 21.0 Å². The summed E-state index contributed by atoms with van der Waals surface area (Å²) in [7, 11) is 0. The van der Waals surface area contributed by atoms with Gasteiger partial charge in [0.05, 0.1) is 15.3 Å². The van der Waals surface area contributed by atoms with Crippen molar-refractivity contribution < 1.29 is 27.2 Å². The second kappa shape index (κ2) is 8.33. The Bertz CT molecular complexity index is 1200. The van der Waals surface area contributed by atoms with Crippen LogP contribution in [0.25, 0.3) is 17.4 Å². The minimum absolute atomic E-state index is 0.144. The lowest BCUT2D eigenvalue weighted by atomic mass is 10.1. The lowest BCUT2D eigenvalue weighted by Crippen LogP contribution is -2.44. The number of halogens is 3. The Hall–Kier alpha value is -2.89. The zero-order chi connectivity index (χ0) is 22.2. The van der Waals surface area contributed by atoms with Crippen LogP contribution < -0.4 is 5.43 Å². The fourth-order valence-electron chi connectivity index (χ4n) is 2.69. The molecule has 31 heavy (non-hydrogen) atoms. The summed E-state index contributed by atoms with van der Waals surface area (Å²) in [6.45, 7) is 0. The van der Waals surface area contributed by atoms with Gasteiger partial charge in [-0.2, -0.15) is 18.2 Å². The van der Waals surface area contributed by atoms with E-state index in [4.69, 9.17) is 16.6 Å². The van der Waals surface area contributed by atoms with E-state index in [1.165, 1.54) is 41.7 Å². The molecule has 0 bridgehead atoms. The van der Waals surface area contributed by atoms with E-state index in [9.17, 15) is 22.8 Å². The lowest BCUT2D eigenvalue weighted by Gasteiger charge is -2.14. The molecule has 2 amide bonds. The van der Waals surface area contributed by atoms with Crippen LogP contribution >= 0.6 is 35.3 Å². The number of thiophene rings is 1. The number of thiocarbonyl (C=S) groups is 1. The summed E-state index contributed by atoms with van der Waals surface area (Å²) in [5.74, 6) is -0.509. The number of hydrogen-bond donors (Lipinski definition) is 1. The van der Waals surface area contributed by atoms with Gasteiger partial charge in [0.15, 0.2) is 4.32 Å². The molecular formula is C20H11F3N2O3S3. The van der Waals surface area contributed by atoms with Gasteiger partial charge in [0.25, 0.3) is 11.8 Å².